The quantitative estimate of drug-likeness (QED) is 0.789. The van der Waals surface area contributed by atoms with E-state index in [4.69, 9.17) is 10.5 Å². The maximum Gasteiger partial charge on any atom is 0.323 e. The van der Waals surface area contributed by atoms with Crippen LogP contribution in [-0.4, -0.2) is 60.2 Å². The molecule has 1 aromatic heterocycles. The number of hydrogen-bond donors (Lipinski definition) is 1. The van der Waals surface area contributed by atoms with Crippen molar-refractivity contribution in [2.45, 2.75) is 12.8 Å². The van der Waals surface area contributed by atoms with E-state index in [9.17, 15) is 0 Å². The molecule has 7 heteroatoms. The standard InChI is InChI=1S/C11H20N6O/c1-16(2)10-13-9(12)14-11(15-10)18-8-7-17-5-3-4-6-17/h3-8H2,1-2H3,(H2,12,13,14,15). The summed E-state index contributed by atoms with van der Waals surface area (Å²) in [5, 5.41) is 0. The lowest BCUT2D eigenvalue weighted by Crippen LogP contribution is -2.25. The number of rotatable bonds is 5. The Hall–Kier alpha value is -1.63. The summed E-state index contributed by atoms with van der Waals surface area (Å²) in [5.41, 5.74) is 5.61. The molecule has 1 saturated heterocycles. The molecule has 0 aromatic carbocycles. The minimum atomic E-state index is 0.185. The normalized spacial score (nSPS) is 15.9. The van der Waals surface area contributed by atoms with Crippen molar-refractivity contribution in [3.05, 3.63) is 0 Å². The summed E-state index contributed by atoms with van der Waals surface area (Å²) in [7, 11) is 3.70. The zero-order valence-electron chi connectivity index (χ0n) is 11.0. The first-order valence-electron chi connectivity index (χ1n) is 6.19. The van der Waals surface area contributed by atoms with Crippen molar-refractivity contribution in [2.24, 2.45) is 0 Å². The van der Waals surface area contributed by atoms with Crippen LogP contribution in [0.2, 0.25) is 0 Å². The molecule has 0 aliphatic carbocycles. The van der Waals surface area contributed by atoms with Crippen LogP contribution in [0, 0.1) is 0 Å². The van der Waals surface area contributed by atoms with Crippen molar-refractivity contribution in [3.63, 3.8) is 0 Å². The van der Waals surface area contributed by atoms with E-state index >= 15 is 0 Å². The summed E-state index contributed by atoms with van der Waals surface area (Å²) >= 11 is 0. The van der Waals surface area contributed by atoms with Gasteiger partial charge in [-0.15, -0.1) is 0 Å². The van der Waals surface area contributed by atoms with Gasteiger partial charge in [0, 0.05) is 20.6 Å². The topological polar surface area (TPSA) is 80.4 Å². The maximum atomic E-state index is 5.61. The number of anilines is 2. The second-order valence-corrected chi connectivity index (χ2v) is 4.57. The fraction of sp³-hybridized carbons (Fsp3) is 0.727. The fourth-order valence-corrected chi connectivity index (χ4v) is 1.90. The smallest absolute Gasteiger partial charge is 0.323 e. The highest BCUT2D eigenvalue weighted by molar-refractivity contribution is 5.33. The Labute approximate surface area is 107 Å². The van der Waals surface area contributed by atoms with Crippen LogP contribution in [0.1, 0.15) is 12.8 Å². The van der Waals surface area contributed by atoms with E-state index in [1.165, 1.54) is 12.8 Å². The van der Waals surface area contributed by atoms with Gasteiger partial charge in [0.05, 0.1) is 0 Å². The largest absolute Gasteiger partial charge is 0.462 e. The molecule has 1 aliphatic heterocycles. The third-order valence-electron chi connectivity index (χ3n) is 2.86. The molecule has 0 radical (unpaired) electrons. The molecule has 0 bridgehead atoms. The van der Waals surface area contributed by atoms with Crippen molar-refractivity contribution in [3.8, 4) is 6.01 Å². The predicted octanol–water partition coefficient (Wildman–Crippen LogP) is -0.00560. The molecule has 0 saturated carbocycles. The van der Waals surface area contributed by atoms with E-state index < -0.39 is 0 Å². The van der Waals surface area contributed by atoms with Crippen LogP contribution in [0.3, 0.4) is 0 Å². The molecule has 100 valence electrons. The van der Waals surface area contributed by atoms with Crippen LogP contribution in [-0.2, 0) is 0 Å². The minimum absolute atomic E-state index is 0.185. The Morgan fingerprint density at radius 3 is 2.61 bits per heavy atom. The molecule has 0 spiro atoms. The number of nitrogen functional groups attached to an aromatic ring is 1. The first-order chi connectivity index (χ1) is 8.65. The third-order valence-corrected chi connectivity index (χ3v) is 2.86. The molecule has 0 unspecified atom stereocenters. The molecule has 1 aliphatic rings. The highest BCUT2D eigenvalue weighted by Gasteiger charge is 2.12. The van der Waals surface area contributed by atoms with Crippen molar-refractivity contribution in [1.82, 2.24) is 19.9 Å². The van der Waals surface area contributed by atoms with Crippen LogP contribution in [0.15, 0.2) is 0 Å². The zero-order valence-corrected chi connectivity index (χ0v) is 11.0. The summed E-state index contributed by atoms with van der Waals surface area (Å²) in [6, 6.07) is 0.297. The van der Waals surface area contributed by atoms with Gasteiger partial charge in [-0.2, -0.15) is 15.0 Å². The second kappa shape index (κ2) is 5.81. The molecular formula is C11H20N6O. The van der Waals surface area contributed by atoms with Gasteiger partial charge in [0.1, 0.15) is 6.61 Å². The Balaban J connectivity index is 1.88. The van der Waals surface area contributed by atoms with E-state index in [1.807, 2.05) is 14.1 Å². The molecule has 2 heterocycles. The van der Waals surface area contributed by atoms with Crippen LogP contribution >= 0.6 is 0 Å². The number of hydrogen-bond acceptors (Lipinski definition) is 7. The zero-order chi connectivity index (χ0) is 13.0. The number of nitrogens with two attached hydrogens (primary N) is 1. The lowest BCUT2D eigenvalue weighted by atomic mass is 10.4. The predicted molar refractivity (Wildman–Crippen MR) is 69.7 cm³/mol. The third kappa shape index (κ3) is 3.43. The van der Waals surface area contributed by atoms with Gasteiger partial charge in [-0.1, -0.05) is 0 Å². The Morgan fingerprint density at radius 1 is 1.22 bits per heavy atom. The minimum Gasteiger partial charge on any atom is -0.462 e. The van der Waals surface area contributed by atoms with Gasteiger partial charge in [0.25, 0.3) is 0 Å². The Morgan fingerprint density at radius 2 is 1.94 bits per heavy atom. The SMILES string of the molecule is CN(C)c1nc(N)nc(OCCN2CCCC2)n1. The molecular weight excluding hydrogens is 232 g/mol. The number of likely N-dealkylation sites (tertiary alicyclic amines) is 1. The fourth-order valence-electron chi connectivity index (χ4n) is 1.90. The molecule has 2 rings (SSSR count). The number of ether oxygens (including phenoxy) is 1. The first-order valence-corrected chi connectivity index (χ1v) is 6.19. The van der Waals surface area contributed by atoms with Crippen molar-refractivity contribution >= 4 is 11.9 Å². The highest BCUT2D eigenvalue weighted by atomic mass is 16.5. The van der Waals surface area contributed by atoms with E-state index in [-0.39, 0.29) is 5.95 Å². The second-order valence-electron chi connectivity index (χ2n) is 4.57. The lowest BCUT2D eigenvalue weighted by Gasteiger charge is -2.15. The molecule has 1 aromatic rings. The van der Waals surface area contributed by atoms with Gasteiger partial charge in [0.2, 0.25) is 11.9 Å². The van der Waals surface area contributed by atoms with Gasteiger partial charge in [0.15, 0.2) is 0 Å². The van der Waals surface area contributed by atoms with Gasteiger partial charge >= 0.3 is 6.01 Å². The highest BCUT2D eigenvalue weighted by Crippen LogP contribution is 2.11. The van der Waals surface area contributed by atoms with E-state index in [1.54, 1.807) is 4.90 Å². The Bertz CT molecular complexity index is 391. The molecule has 18 heavy (non-hydrogen) atoms. The van der Waals surface area contributed by atoms with Gasteiger partial charge < -0.3 is 15.4 Å². The summed E-state index contributed by atoms with van der Waals surface area (Å²) in [6.45, 7) is 3.80. The molecule has 2 N–H and O–H groups in total. The number of aromatic nitrogens is 3. The van der Waals surface area contributed by atoms with Gasteiger partial charge in [-0.3, -0.25) is 4.90 Å². The van der Waals surface area contributed by atoms with Gasteiger partial charge in [-0.25, -0.2) is 0 Å². The van der Waals surface area contributed by atoms with Crippen LogP contribution in [0.5, 0.6) is 6.01 Å². The number of nitrogens with zero attached hydrogens (tertiary/aromatic N) is 5. The van der Waals surface area contributed by atoms with Crippen molar-refractivity contribution < 1.29 is 4.74 Å². The van der Waals surface area contributed by atoms with E-state index in [0.29, 0.717) is 18.6 Å². The maximum absolute atomic E-state index is 5.61. The van der Waals surface area contributed by atoms with Crippen LogP contribution in [0.25, 0.3) is 0 Å². The van der Waals surface area contributed by atoms with Crippen LogP contribution in [0.4, 0.5) is 11.9 Å². The summed E-state index contributed by atoms with van der Waals surface area (Å²) < 4.78 is 5.53. The summed E-state index contributed by atoms with van der Waals surface area (Å²) in [4.78, 5) is 16.3. The molecule has 1 fully saturated rings. The average Bonchev–Trinajstić information content (AvgIpc) is 2.81. The molecule has 7 nitrogen and oxygen atoms in total. The Kier molecular flexibility index (Phi) is 4.14. The first kappa shape index (κ1) is 12.8. The average molecular weight is 252 g/mol. The van der Waals surface area contributed by atoms with Crippen molar-refractivity contribution in [2.75, 3.05) is 51.0 Å². The van der Waals surface area contributed by atoms with Crippen LogP contribution < -0.4 is 15.4 Å². The molecule has 0 atom stereocenters. The summed E-state index contributed by atoms with van der Waals surface area (Å²) in [5.74, 6) is 0.698. The summed E-state index contributed by atoms with van der Waals surface area (Å²) in [6.07, 6.45) is 2.56. The monoisotopic (exact) mass is 252 g/mol. The van der Waals surface area contributed by atoms with E-state index in [2.05, 4.69) is 19.9 Å². The van der Waals surface area contributed by atoms with Gasteiger partial charge in [-0.05, 0) is 25.9 Å². The van der Waals surface area contributed by atoms with E-state index in [0.717, 1.165) is 19.6 Å². The molecule has 0 amide bonds. The lowest BCUT2D eigenvalue weighted by molar-refractivity contribution is 0.225. The van der Waals surface area contributed by atoms with Crippen molar-refractivity contribution in [1.29, 1.82) is 0 Å².